The van der Waals surface area contributed by atoms with Crippen LogP contribution in [-0.2, 0) is 11.3 Å². The summed E-state index contributed by atoms with van der Waals surface area (Å²) in [6.45, 7) is 5.91. The van der Waals surface area contributed by atoms with E-state index in [0.717, 1.165) is 25.3 Å². The van der Waals surface area contributed by atoms with Gasteiger partial charge in [0, 0.05) is 32.5 Å². The first-order valence-corrected chi connectivity index (χ1v) is 5.04. The van der Waals surface area contributed by atoms with Crippen molar-refractivity contribution in [2.24, 2.45) is 0 Å². The van der Waals surface area contributed by atoms with Gasteiger partial charge in [-0.15, -0.1) is 0 Å². The van der Waals surface area contributed by atoms with Crippen LogP contribution in [0.15, 0.2) is 12.4 Å². The summed E-state index contributed by atoms with van der Waals surface area (Å²) < 4.78 is 6.92. The van der Waals surface area contributed by atoms with Crippen LogP contribution in [0.1, 0.15) is 20.3 Å². The molecule has 1 heterocycles. The Labute approximate surface area is 85.3 Å². The molecule has 1 unspecified atom stereocenters. The van der Waals surface area contributed by atoms with E-state index in [2.05, 4.69) is 24.3 Å². The van der Waals surface area contributed by atoms with E-state index in [1.807, 2.05) is 17.1 Å². The molecule has 1 atom stereocenters. The fraction of sp³-hybridized carbons (Fsp3) is 0.700. The van der Waals surface area contributed by atoms with E-state index >= 15 is 0 Å². The van der Waals surface area contributed by atoms with Gasteiger partial charge in [0.15, 0.2) is 0 Å². The molecule has 0 bridgehead atoms. The Morgan fingerprint density at radius 1 is 1.64 bits per heavy atom. The molecule has 4 heteroatoms. The molecule has 0 amide bonds. The molecule has 0 aliphatic carbocycles. The zero-order valence-electron chi connectivity index (χ0n) is 9.16. The van der Waals surface area contributed by atoms with E-state index in [0.29, 0.717) is 6.04 Å². The molecular weight excluding hydrogens is 178 g/mol. The molecule has 1 rings (SSSR count). The van der Waals surface area contributed by atoms with Gasteiger partial charge in [0.05, 0.1) is 11.9 Å². The SMILES string of the molecule is CCn1cc(NC(C)CCOC)cn1. The smallest absolute Gasteiger partial charge is 0.0728 e. The van der Waals surface area contributed by atoms with Gasteiger partial charge in [-0.05, 0) is 20.3 Å². The second-order valence-corrected chi connectivity index (χ2v) is 3.41. The number of methoxy groups -OCH3 is 1. The van der Waals surface area contributed by atoms with Crippen LogP contribution in [0, 0.1) is 0 Å². The first-order chi connectivity index (χ1) is 6.76. The normalized spacial score (nSPS) is 12.8. The zero-order valence-corrected chi connectivity index (χ0v) is 9.16. The fourth-order valence-corrected chi connectivity index (χ4v) is 1.26. The highest BCUT2D eigenvalue weighted by atomic mass is 16.5. The molecule has 0 aliphatic rings. The van der Waals surface area contributed by atoms with Crippen molar-refractivity contribution in [3.8, 4) is 0 Å². The van der Waals surface area contributed by atoms with Gasteiger partial charge in [0.25, 0.3) is 0 Å². The van der Waals surface area contributed by atoms with E-state index < -0.39 is 0 Å². The van der Waals surface area contributed by atoms with Crippen LogP contribution in [0.4, 0.5) is 5.69 Å². The van der Waals surface area contributed by atoms with Gasteiger partial charge in [0.2, 0.25) is 0 Å². The maximum atomic E-state index is 5.02. The Morgan fingerprint density at radius 3 is 3.00 bits per heavy atom. The lowest BCUT2D eigenvalue weighted by atomic mass is 10.2. The number of aromatic nitrogens is 2. The molecular formula is C10H19N3O. The number of nitrogens with one attached hydrogen (secondary N) is 1. The van der Waals surface area contributed by atoms with E-state index in [9.17, 15) is 0 Å². The number of hydrogen-bond donors (Lipinski definition) is 1. The molecule has 0 radical (unpaired) electrons. The highest BCUT2D eigenvalue weighted by Gasteiger charge is 2.02. The Hall–Kier alpha value is -1.03. The second kappa shape index (κ2) is 5.65. The molecule has 0 aromatic carbocycles. The average Bonchev–Trinajstić information content (AvgIpc) is 2.62. The first-order valence-electron chi connectivity index (χ1n) is 5.04. The van der Waals surface area contributed by atoms with Gasteiger partial charge in [-0.3, -0.25) is 4.68 Å². The standard InChI is InChI=1S/C10H19N3O/c1-4-13-8-10(7-11-13)12-9(2)5-6-14-3/h7-9,12H,4-6H2,1-3H3. The summed E-state index contributed by atoms with van der Waals surface area (Å²) in [7, 11) is 1.72. The molecule has 0 spiro atoms. The van der Waals surface area contributed by atoms with E-state index in [4.69, 9.17) is 4.74 Å². The van der Waals surface area contributed by atoms with E-state index in [1.165, 1.54) is 0 Å². The Morgan fingerprint density at radius 2 is 2.43 bits per heavy atom. The van der Waals surface area contributed by atoms with Crippen LogP contribution < -0.4 is 5.32 Å². The summed E-state index contributed by atoms with van der Waals surface area (Å²) in [5.41, 5.74) is 1.08. The second-order valence-electron chi connectivity index (χ2n) is 3.41. The Bertz CT molecular complexity index is 260. The highest BCUT2D eigenvalue weighted by molar-refractivity contribution is 5.38. The van der Waals surface area contributed by atoms with Crippen LogP contribution in [0.5, 0.6) is 0 Å². The zero-order chi connectivity index (χ0) is 10.4. The summed E-state index contributed by atoms with van der Waals surface area (Å²) in [6.07, 6.45) is 4.88. The minimum absolute atomic E-state index is 0.421. The van der Waals surface area contributed by atoms with Crippen molar-refractivity contribution >= 4 is 5.69 Å². The van der Waals surface area contributed by atoms with Gasteiger partial charge in [0.1, 0.15) is 0 Å². The van der Waals surface area contributed by atoms with Crippen LogP contribution >= 0.6 is 0 Å². The topological polar surface area (TPSA) is 39.1 Å². The molecule has 1 aromatic heterocycles. The first kappa shape index (κ1) is 11.0. The maximum Gasteiger partial charge on any atom is 0.0728 e. The summed E-state index contributed by atoms with van der Waals surface area (Å²) in [6, 6.07) is 0.421. The molecule has 1 N–H and O–H groups in total. The molecule has 4 nitrogen and oxygen atoms in total. The third-order valence-corrected chi connectivity index (χ3v) is 2.13. The van der Waals surface area contributed by atoms with Crippen molar-refractivity contribution in [1.29, 1.82) is 0 Å². The molecule has 80 valence electrons. The van der Waals surface area contributed by atoms with E-state index in [-0.39, 0.29) is 0 Å². The van der Waals surface area contributed by atoms with Crippen molar-refractivity contribution in [3.63, 3.8) is 0 Å². The minimum atomic E-state index is 0.421. The van der Waals surface area contributed by atoms with Crippen molar-refractivity contribution in [2.45, 2.75) is 32.9 Å². The summed E-state index contributed by atoms with van der Waals surface area (Å²) in [4.78, 5) is 0. The van der Waals surface area contributed by atoms with Gasteiger partial charge < -0.3 is 10.1 Å². The van der Waals surface area contributed by atoms with Crippen LogP contribution in [0.2, 0.25) is 0 Å². The molecule has 0 saturated heterocycles. The third-order valence-electron chi connectivity index (χ3n) is 2.13. The monoisotopic (exact) mass is 197 g/mol. The van der Waals surface area contributed by atoms with Crippen molar-refractivity contribution < 1.29 is 4.74 Å². The lowest BCUT2D eigenvalue weighted by molar-refractivity contribution is 0.191. The van der Waals surface area contributed by atoms with Crippen LogP contribution in [-0.4, -0.2) is 29.5 Å². The molecule has 14 heavy (non-hydrogen) atoms. The summed E-state index contributed by atoms with van der Waals surface area (Å²) >= 11 is 0. The summed E-state index contributed by atoms with van der Waals surface area (Å²) in [5.74, 6) is 0. The average molecular weight is 197 g/mol. The number of nitrogens with zero attached hydrogens (tertiary/aromatic N) is 2. The third kappa shape index (κ3) is 3.38. The predicted molar refractivity (Wildman–Crippen MR) is 57.5 cm³/mol. The lowest BCUT2D eigenvalue weighted by Crippen LogP contribution is -2.16. The number of ether oxygens (including phenoxy) is 1. The van der Waals surface area contributed by atoms with Gasteiger partial charge in [-0.25, -0.2) is 0 Å². The minimum Gasteiger partial charge on any atom is -0.385 e. The molecule has 0 aliphatic heterocycles. The predicted octanol–water partition coefficient (Wildman–Crippen LogP) is 1.74. The van der Waals surface area contributed by atoms with Crippen molar-refractivity contribution in [2.75, 3.05) is 19.0 Å². The fourth-order valence-electron chi connectivity index (χ4n) is 1.26. The van der Waals surface area contributed by atoms with Gasteiger partial charge in [-0.1, -0.05) is 0 Å². The van der Waals surface area contributed by atoms with E-state index in [1.54, 1.807) is 7.11 Å². The number of rotatable bonds is 6. The van der Waals surface area contributed by atoms with Crippen LogP contribution in [0.3, 0.4) is 0 Å². The molecule has 0 fully saturated rings. The summed E-state index contributed by atoms with van der Waals surface area (Å²) in [5, 5.41) is 7.56. The number of hydrogen-bond acceptors (Lipinski definition) is 3. The highest BCUT2D eigenvalue weighted by Crippen LogP contribution is 2.08. The molecule has 1 aromatic rings. The van der Waals surface area contributed by atoms with Crippen LogP contribution in [0.25, 0.3) is 0 Å². The number of anilines is 1. The van der Waals surface area contributed by atoms with Crippen molar-refractivity contribution in [1.82, 2.24) is 9.78 Å². The quantitative estimate of drug-likeness (QED) is 0.755. The van der Waals surface area contributed by atoms with Gasteiger partial charge in [-0.2, -0.15) is 5.10 Å². The lowest BCUT2D eigenvalue weighted by Gasteiger charge is -2.12. The largest absolute Gasteiger partial charge is 0.385 e. The number of aryl methyl sites for hydroxylation is 1. The Balaban J connectivity index is 2.35. The van der Waals surface area contributed by atoms with Crippen molar-refractivity contribution in [3.05, 3.63) is 12.4 Å². The maximum absolute atomic E-state index is 5.02. The van der Waals surface area contributed by atoms with Gasteiger partial charge >= 0.3 is 0 Å². The molecule has 0 saturated carbocycles. The Kier molecular flexibility index (Phi) is 4.46.